The molecule has 0 unspecified atom stereocenters. The molecule has 4 heteroatoms. The van der Waals surface area contributed by atoms with Gasteiger partial charge in [-0.1, -0.05) is 36.4 Å². The monoisotopic (exact) mass is 293 g/mol. The van der Waals surface area contributed by atoms with Gasteiger partial charge in [0.1, 0.15) is 0 Å². The Morgan fingerprint density at radius 3 is 2.68 bits per heavy atom. The van der Waals surface area contributed by atoms with Crippen LogP contribution < -0.4 is 0 Å². The van der Waals surface area contributed by atoms with E-state index in [2.05, 4.69) is 0 Å². The number of aryl methyl sites for hydroxylation is 1. The average molecular weight is 293 g/mol. The summed E-state index contributed by atoms with van der Waals surface area (Å²) < 4.78 is 0. The topological polar surface area (TPSA) is 60.2 Å². The van der Waals surface area contributed by atoms with Crippen LogP contribution in [-0.4, -0.2) is 10.7 Å². The molecule has 0 bridgehead atoms. The molecule has 0 spiro atoms. The van der Waals surface area contributed by atoms with Crippen molar-refractivity contribution in [3.05, 3.63) is 80.9 Å². The number of nitro benzene ring substituents is 1. The Morgan fingerprint density at radius 1 is 1.05 bits per heavy atom. The van der Waals surface area contributed by atoms with Crippen LogP contribution in [0.3, 0.4) is 0 Å². The van der Waals surface area contributed by atoms with Crippen molar-refractivity contribution in [2.24, 2.45) is 0 Å². The average Bonchev–Trinajstić information content (AvgIpc) is 2.68. The van der Waals surface area contributed by atoms with Gasteiger partial charge in [-0.25, -0.2) is 0 Å². The summed E-state index contributed by atoms with van der Waals surface area (Å²) in [6.07, 6.45) is 4.26. The molecule has 2 aromatic carbocycles. The normalized spacial score (nSPS) is 16.2. The Bertz CT molecular complexity index is 777. The van der Waals surface area contributed by atoms with E-state index in [1.54, 1.807) is 18.2 Å². The Kier molecular flexibility index (Phi) is 3.83. The minimum Gasteiger partial charge on any atom is -0.289 e. The summed E-state index contributed by atoms with van der Waals surface area (Å²) in [6, 6.07) is 14.0. The highest BCUT2D eigenvalue weighted by Gasteiger charge is 2.19. The summed E-state index contributed by atoms with van der Waals surface area (Å²) in [5.41, 5.74) is 3.27. The van der Waals surface area contributed by atoms with Crippen molar-refractivity contribution in [3.8, 4) is 0 Å². The maximum atomic E-state index is 12.7. The first-order valence-corrected chi connectivity index (χ1v) is 7.23. The number of Topliss-reactive ketones (excluding diaryl/α,β-unsaturated/α-hetero) is 1. The van der Waals surface area contributed by atoms with Gasteiger partial charge >= 0.3 is 0 Å². The molecule has 4 nitrogen and oxygen atoms in total. The second kappa shape index (κ2) is 5.93. The van der Waals surface area contributed by atoms with Gasteiger partial charge in [0.2, 0.25) is 0 Å². The first-order valence-electron chi connectivity index (χ1n) is 7.23. The molecule has 0 saturated heterocycles. The van der Waals surface area contributed by atoms with Gasteiger partial charge in [-0.15, -0.1) is 0 Å². The van der Waals surface area contributed by atoms with Crippen LogP contribution in [0.5, 0.6) is 0 Å². The fourth-order valence-electron chi connectivity index (χ4n) is 2.78. The fourth-order valence-corrected chi connectivity index (χ4v) is 2.78. The fraction of sp³-hybridized carbons (Fsp3) is 0.167. The Labute approximate surface area is 128 Å². The summed E-state index contributed by atoms with van der Waals surface area (Å²) in [5, 5.41) is 10.8. The Hall–Kier alpha value is -2.75. The zero-order chi connectivity index (χ0) is 15.5. The molecule has 1 aliphatic carbocycles. The lowest BCUT2D eigenvalue weighted by Gasteiger charge is -2.05. The van der Waals surface area contributed by atoms with Crippen molar-refractivity contribution < 1.29 is 9.72 Å². The third kappa shape index (κ3) is 2.81. The van der Waals surface area contributed by atoms with E-state index in [1.807, 2.05) is 24.3 Å². The van der Waals surface area contributed by atoms with Gasteiger partial charge in [-0.05, 0) is 36.5 Å². The first-order chi connectivity index (χ1) is 10.6. The van der Waals surface area contributed by atoms with Crippen molar-refractivity contribution in [2.45, 2.75) is 19.3 Å². The predicted molar refractivity (Wildman–Crippen MR) is 84.8 cm³/mol. The Balaban J connectivity index is 1.99. The first kappa shape index (κ1) is 14.2. The van der Waals surface area contributed by atoms with Gasteiger partial charge < -0.3 is 0 Å². The number of ketones is 1. The molecular formula is C18H15NO3. The van der Waals surface area contributed by atoms with Crippen LogP contribution in [0, 0.1) is 10.1 Å². The molecule has 3 rings (SSSR count). The molecule has 0 aliphatic heterocycles. The second-order valence-electron chi connectivity index (χ2n) is 5.36. The number of nitro groups is 1. The van der Waals surface area contributed by atoms with Crippen LogP contribution in [-0.2, 0) is 6.42 Å². The molecule has 22 heavy (non-hydrogen) atoms. The summed E-state index contributed by atoms with van der Waals surface area (Å²) >= 11 is 0. The van der Waals surface area contributed by atoms with Gasteiger partial charge in [-0.2, -0.15) is 0 Å². The van der Waals surface area contributed by atoms with Crippen molar-refractivity contribution in [1.82, 2.24) is 0 Å². The standard InChI is InChI=1S/C18H15NO3/c20-18-15(8-4-7-14-6-1-2-10-17(14)18)11-13-5-3-9-16(12-13)19(21)22/h1-3,5-6,9-12H,4,7-8H2. The summed E-state index contributed by atoms with van der Waals surface area (Å²) in [7, 11) is 0. The SMILES string of the molecule is O=C1C(=Cc2cccc([N+](=O)[O-])c2)CCCc2ccccc21. The van der Waals surface area contributed by atoms with Gasteiger partial charge in [0, 0.05) is 23.3 Å². The Morgan fingerprint density at radius 2 is 1.86 bits per heavy atom. The van der Waals surface area contributed by atoms with Crippen LogP contribution >= 0.6 is 0 Å². The van der Waals surface area contributed by atoms with E-state index in [4.69, 9.17) is 0 Å². The number of hydrogen-bond acceptors (Lipinski definition) is 3. The van der Waals surface area contributed by atoms with Gasteiger partial charge in [0.15, 0.2) is 5.78 Å². The van der Waals surface area contributed by atoms with Gasteiger partial charge in [0.05, 0.1) is 4.92 Å². The third-order valence-corrected chi connectivity index (χ3v) is 3.87. The molecule has 0 N–H and O–H groups in total. The molecule has 110 valence electrons. The molecule has 0 radical (unpaired) electrons. The van der Waals surface area contributed by atoms with Crippen LogP contribution in [0.25, 0.3) is 6.08 Å². The van der Waals surface area contributed by atoms with Crippen LogP contribution in [0.2, 0.25) is 0 Å². The maximum absolute atomic E-state index is 12.7. The summed E-state index contributed by atoms with van der Waals surface area (Å²) in [5.74, 6) is 0.0274. The highest BCUT2D eigenvalue weighted by molar-refractivity contribution is 6.12. The molecule has 0 heterocycles. The summed E-state index contributed by atoms with van der Waals surface area (Å²) in [6.45, 7) is 0. The van der Waals surface area contributed by atoms with E-state index >= 15 is 0 Å². The van der Waals surface area contributed by atoms with Crippen molar-refractivity contribution >= 4 is 17.5 Å². The number of benzene rings is 2. The van der Waals surface area contributed by atoms with Crippen molar-refractivity contribution in [3.63, 3.8) is 0 Å². The molecule has 1 aliphatic rings. The number of carbonyl (C=O) groups excluding carboxylic acids is 1. The molecular weight excluding hydrogens is 278 g/mol. The van der Waals surface area contributed by atoms with E-state index in [0.29, 0.717) is 17.6 Å². The highest BCUT2D eigenvalue weighted by Crippen LogP contribution is 2.26. The van der Waals surface area contributed by atoms with Crippen molar-refractivity contribution in [1.29, 1.82) is 0 Å². The second-order valence-corrected chi connectivity index (χ2v) is 5.36. The number of fused-ring (bicyclic) bond motifs is 1. The number of hydrogen-bond donors (Lipinski definition) is 0. The molecule has 0 aromatic heterocycles. The number of rotatable bonds is 2. The van der Waals surface area contributed by atoms with E-state index < -0.39 is 4.92 Å². The number of carbonyl (C=O) groups is 1. The molecule has 0 fully saturated rings. The zero-order valence-electron chi connectivity index (χ0n) is 12.0. The van der Waals surface area contributed by atoms with E-state index in [-0.39, 0.29) is 11.5 Å². The predicted octanol–water partition coefficient (Wildman–Crippen LogP) is 4.20. The molecule has 0 atom stereocenters. The van der Waals surface area contributed by atoms with Gasteiger partial charge in [0.25, 0.3) is 5.69 Å². The van der Waals surface area contributed by atoms with Crippen LogP contribution in [0.15, 0.2) is 54.1 Å². The highest BCUT2D eigenvalue weighted by atomic mass is 16.6. The lowest BCUT2D eigenvalue weighted by atomic mass is 9.98. The lowest BCUT2D eigenvalue weighted by molar-refractivity contribution is -0.384. The zero-order valence-corrected chi connectivity index (χ0v) is 12.0. The van der Waals surface area contributed by atoms with E-state index in [0.717, 1.165) is 24.0 Å². The molecule has 0 saturated carbocycles. The van der Waals surface area contributed by atoms with Crippen LogP contribution in [0.4, 0.5) is 5.69 Å². The van der Waals surface area contributed by atoms with Gasteiger partial charge in [-0.3, -0.25) is 14.9 Å². The lowest BCUT2D eigenvalue weighted by Crippen LogP contribution is -2.03. The number of non-ortho nitro benzene ring substituents is 1. The van der Waals surface area contributed by atoms with E-state index in [9.17, 15) is 14.9 Å². The minimum absolute atomic E-state index is 0.0274. The molecule has 2 aromatic rings. The molecule has 0 amide bonds. The van der Waals surface area contributed by atoms with E-state index in [1.165, 1.54) is 12.1 Å². The third-order valence-electron chi connectivity index (χ3n) is 3.87. The minimum atomic E-state index is -0.424. The summed E-state index contributed by atoms with van der Waals surface area (Å²) in [4.78, 5) is 23.1. The van der Waals surface area contributed by atoms with Crippen molar-refractivity contribution in [2.75, 3.05) is 0 Å². The number of allylic oxidation sites excluding steroid dienone is 1. The largest absolute Gasteiger partial charge is 0.289 e. The quantitative estimate of drug-likeness (QED) is 0.361. The number of nitrogens with zero attached hydrogens (tertiary/aromatic N) is 1. The smallest absolute Gasteiger partial charge is 0.270 e. The van der Waals surface area contributed by atoms with Crippen LogP contribution in [0.1, 0.15) is 34.3 Å². The maximum Gasteiger partial charge on any atom is 0.270 e.